The molecule has 2 fully saturated rings. The van der Waals surface area contributed by atoms with E-state index in [1.807, 2.05) is 0 Å². The molecule has 0 aromatic rings. The smallest absolute Gasteiger partial charge is 0.409 e. The lowest BCUT2D eigenvalue weighted by molar-refractivity contribution is 0.155. The second-order valence-corrected chi connectivity index (χ2v) is 3.95. The van der Waals surface area contributed by atoms with Crippen LogP contribution in [0.15, 0.2) is 0 Å². The van der Waals surface area contributed by atoms with Crippen molar-refractivity contribution in [2.24, 2.45) is 5.73 Å². The predicted octanol–water partition coefficient (Wildman–Crippen LogP) is -0.107. The molecule has 0 spiro atoms. The number of halogens is 1. The first kappa shape index (κ1) is 12.5. The molecule has 2 aliphatic heterocycles. The van der Waals surface area contributed by atoms with Crippen molar-refractivity contribution < 1.29 is 9.53 Å². The number of nitrogens with two attached hydrogens (primary N) is 1. The molecule has 0 aliphatic carbocycles. The van der Waals surface area contributed by atoms with E-state index in [-0.39, 0.29) is 18.5 Å². The van der Waals surface area contributed by atoms with Crippen LogP contribution < -0.4 is 5.73 Å². The quantitative estimate of drug-likeness (QED) is 0.742. The zero-order valence-corrected chi connectivity index (χ0v) is 9.54. The number of carbonyl (C=O) groups is 1. The van der Waals surface area contributed by atoms with E-state index in [1.54, 1.807) is 4.90 Å². The van der Waals surface area contributed by atoms with E-state index in [0.717, 1.165) is 39.1 Å². The number of carbonyl (C=O) groups excluding carboxylic acids is 1. The molecule has 88 valence electrons. The van der Waals surface area contributed by atoms with Crippen molar-refractivity contribution in [3.05, 3.63) is 0 Å². The molecule has 0 aromatic carbocycles. The van der Waals surface area contributed by atoms with Gasteiger partial charge in [0.25, 0.3) is 0 Å². The maximum absolute atomic E-state index is 11.1. The van der Waals surface area contributed by atoms with E-state index in [4.69, 9.17) is 10.5 Å². The van der Waals surface area contributed by atoms with Gasteiger partial charge < -0.3 is 15.4 Å². The average Bonchev–Trinajstić information content (AvgIpc) is 2.72. The van der Waals surface area contributed by atoms with Crippen LogP contribution in [0.4, 0.5) is 4.79 Å². The van der Waals surface area contributed by atoms with Crippen molar-refractivity contribution in [3.8, 4) is 0 Å². The van der Waals surface area contributed by atoms with Crippen LogP contribution in [-0.2, 0) is 4.74 Å². The van der Waals surface area contributed by atoms with Crippen molar-refractivity contribution >= 4 is 18.5 Å². The third-order valence-electron chi connectivity index (χ3n) is 2.84. The Hall–Kier alpha value is -0.520. The van der Waals surface area contributed by atoms with Crippen LogP contribution in [0.1, 0.15) is 6.42 Å². The highest BCUT2D eigenvalue weighted by molar-refractivity contribution is 5.85. The summed E-state index contributed by atoms with van der Waals surface area (Å²) in [7, 11) is 0. The van der Waals surface area contributed by atoms with Gasteiger partial charge in [-0.05, 0) is 13.0 Å². The third kappa shape index (κ3) is 3.22. The van der Waals surface area contributed by atoms with Gasteiger partial charge in [0.15, 0.2) is 0 Å². The molecule has 0 bridgehead atoms. The fraction of sp³-hybridized carbons (Fsp3) is 0.889. The Morgan fingerprint density at radius 1 is 1.40 bits per heavy atom. The number of rotatable bonds is 3. The Kier molecular flexibility index (Phi) is 4.63. The summed E-state index contributed by atoms with van der Waals surface area (Å²) in [5.74, 6) is 0. The van der Waals surface area contributed by atoms with Crippen LogP contribution in [0.5, 0.6) is 0 Å². The number of likely N-dealkylation sites (tertiary alicyclic amines) is 1. The minimum Gasteiger partial charge on any atom is -0.448 e. The number of ether oxygens (including phenoxy) is 1. The van der Waals surface area contributed by atoms with Crippen LogP contribution in [0.3, 0.4) is 0 Å². The van der Waals surface area contributed by atoms with Gasteiger partial charge in [-0.25, -0.2) is 4.79 Å². The van der Waals surface area contributed by atoms with Gasteiger partial charge in [0, 0.05) is 25.7 Å². The first-order valence-corrected chi connectivity index (χ1v) is 5.15. The third-order valence-corrected chi connectivity index (χ3v) is 2.84. The molecular weight excluding hydrogens is 218 g/mol. The maximum atomic E-state index is 11.1. The highest BCUT2D eigenvalue weighted by Crippen LogP contribution is 2.08. The number of hydrogen-bond acceptors (Lipinski definition) is 4. The number of nitrogens with zero attached hydrogens (tertiary/aromatic N) is 2. The van der Waals surface area contributed by atoms with Gasteiger partial charge >= 0.3 is 6.09 Å². The monoisotopic (exact) mass is 235 g/mol. The van der Waals surface area contributed by atoms with Gasteiger partial charge in [-0.3, -0.25) is 4.90 Å². The first-order chi connectivity index (χ1) is 6.75. The molecule has 0 radical (unpaired) electrons. The Morgan fingerprint density at radius 2 is 2.20 bits per heavy atom. The molecule has 2 rings (SSSR count). The van der Waals surface area contributed by atoms with Gasteiger partial charge in [0.05, 0.1) is 6.54 Å². The molecule has 0 aromatic heterocycles. The molecule has 6 heteroatoms. The number of amides is 1. The molecule has 1 amide bonds. The van der Waals surface area contributed by atoms with Crippen LogP contribution >= 0.6 is 12.4 Å². The van der Waals surface area contributed by atoms with E-state index in [1.165, 1.54) is 0 Å². The van der Waals surface area contributed by atoms with E-state index < -0.39 is 0 Å². The zero-order valence-electron chi connectivity index (χ0n) is 8.72. The summed E-state index contributed by atoms with van der Waals surface area (Å²) in [6.45, 7) is 4.98. The molecule has 2 heterocycles. The predicted molar refractivity (Wildman–Crippen MR) is 59.2 cm³/mol. The summed E-state index contributed by atoms with van der Waals surface area (Å²) >= 11 is 0. The van der Waals surface area contributed by atoms with Crippen LogP contribution in [0.25, 0.3) is 0 Å². The fourth-order valence-electron chi connectivity index (χ4n) is 1.96. The summed E-state index contributed by atoms with van der Waals surface area (Å²) in [5, 5.41) is 0. The summed E-state index contributed by atoms with van der Waals surface area (Å²) in [6, 6.07) is 0.320. The average molecular weight is 236 g/mol. The Morgan fingerprint density at radius 3 is 2.73 bits per heavy atom. The van der Waals surface area contributed by atoms with Gasteiger partial charge in [0.1, 0.15) is 6.61 Å². The van der Waals surface area contributed by atoms with Crippen LogP contribution in [0, 0.1) is 0 Å². The molecule has 0 unspecified atom stereocenters. The van der Waals surface area contributed by atoms with Gasteiger partial charge in [0.2, 0.25) is 0 Å². The molecule has 2 N–H and O–H groups in total. The highest BCUT2D eigenvalue weighted by Gasteiger charge is 2.24. The lowest BCUT2D eigenvalue weighted by Crippen LogP contribution is -2.35. The van der Waals surface area contributed by atoms with E-state index in [2.05, 4.69) is 4.90 Å². The highest BCUT2D eigenvalue weighted by atomic mass is 35.5. The fourth-order valence-corrected chi connectivity index (χ4v) is 1.96. The van der Waals surface area contributed by atoms with Crippen molar-refractivity contribution in [2.75, 3.05) is 39.3 Å². The molecule has 2 aliphatic rings. The molecular formula is C9H18ClN3O2. The Bertz CT molecular complexity index is 227. The zero-order chi connectivity index (χ0) is 9.97. The molecule has 0 saturated carbocycles. The lowest BCUT2D eigenvalue weighted by atomic mass is 10.3. The second kappa shape index (κ2) is 5.53. The number of cyclic esters (lactones) is 1. The second-order valence-electron chi connectivity index (χ2n) is 3.95. The summed E-state index contributed by atoms with van der Waals surface area (Å²) in [6.07, 6.45) is 0.901. The van der Waals surface area contributed by atoms with Crippen molar-refractivity contribution in [1.29, 1.82) is 0 Å². The van der Waals surface area contributed by atoms with Gasteiger partial charge in [-0.15, -0.1) is 12.4 Å². The van der Waals surface area contributed by atoms with Gasteiger partial charge in [-0.2, -0.15) is 0 Å². The minimum atomic E-state index is -0.173. The van der Waals surface area contributed by atoms with E-state index in [0.29, 0.717) is 12.6 Å². The summed E-state index contributed by atoms with van der Waals surface area (Å²) in [5.41, 5.74) is 5.79. The molecule has 5 nitrogen and oxygen atoms in total. The lowest BCUT2D eigenvalue weighted by Gasteiger charge is -2.19. The summed E-state index contributed by atoms with van der Waals surface area (Å²) in [4.78, 5) is 15.2. The SMILES string of the molecule is Cl.N[C@H]1CCN(CCN2CCOC2=O)C1. The van der Waals surface area contributed by atoms with Crippen LogP contribution in [0.2, 0.25) is 0 Å². The van der Waals surface area contributed by atoms with Crippen LogP contribution in [-0.4, -0.2) is 61.3 Å². The molecule has 1 atom stereocenters. The van der Waals surface area contributed by atoms with Crippen molar-refractivity contribution in [1.82, 2.24) is 9.80 Å². The maximum Gasteiger partial charge on any atom is 0.409 e. The first-order valence-electron chi connectivity index (χ1n) is 5.15. The molecule has 2 saturated heterocycles. The normalized spacial score (nSPS) is 26.6. The van der Waals surface area contributed by atoms with Gasteiger partial charge in [-0.1, -0.05) is 0 Å². The largest absolute Gasteiger partial charge is 0.448 e. The van der Waals surface area contributed by atoms with E-state index >= 15 is 0 Å². The summed E-state index contributed by atoms with van der Waals surface area (Å²) < 4.78 is 4.85. The topological polar surface area (TPSA) is 58.8 Å². The minimum absolute atomic E-state index is 0. The van der Waals surface area contributed by atoms with Crippen molar-refractivity contribution in [3.63, 3.8) is 0 Å². The van der Waals surface area contributed by atoms with Crippen molar-refractivity contribution in [2.45, 2.75) is 12.5 Å². The Labute approximate surface area is 95.9 Å². The standard InChI is InChI=1S/C9H17N3O2.ClH/c10-8-1-2-11(7-8)3-4-12-5-6-14-9(12)13;/h8H,1-7,10H2;1H/t8-;/m0./s1. The van der Waals surface area contributed by atoms with E-state index in [9.17, 15) is 4.79 Å². The molecule has 15 heavy (non-hydrogen) atoms. The Balaban J connectivity index is 0.00000112. The number of hydrogen-bond donors (Lipinski definition) is 1.